The van der Waals surface area contributed by atoms with Crippen molar-refractivity contribution in [1.82, 2.24) is 0 Å². The summed E-state index contributed by atoms with van der Waals surface area (Å²) in [5, 5.41) is 1.12. The summed E-state index contributed by atoms with van der Waals surface area (Å²) in [6, 6.07) is 14.0. The molecule has 0 aliphatic rings. The van der Waals surface area contributed by atoms with Crippen LogP contribution in [0.15, 0.2) is 63.4 Å². The highest BCUT2D eigenvalue weighted by atomic mass is 35.5. The van der Waals surface area contributed by atoms with Crippen LogP contribution in [-0.2, 0) is 10.0 Å². The first-order valence-electron chi connectivity index (χ1n) is 7.22. The molecular formula is C18H18ClNO2S2. The minimum absolute atomic E-state index is 0.193. The molecule has 0 saturated heterocycles. The van der Waals surface area contributed by atoms with Gasteiger partial charge >= 0.3 is 0 Å². The Balaban J connectivity index is 2.36. The van der Waals surface area contributed by atoms with Crippen LogP contribution in [0.2, 0.25) is 5.02 Å². The molecule has 0 bridgehead atoms. The van der Waals surface area contributed by atoms with Crippen LogP contribution in [-0.4, -0.2) is 19.7 Å². The standard InChI is InChI=1S/C18H18ClNO2S2/c1-13-4-10-17(11-5-13)24(21,22)20-18(23-3)14(2)12-15-6-8-16(19)9-7-15/h4-12H,1-3H3/b14-12+,20-18+. The highest BCUT2D eigenvalue weighted by Crippen LogP contribution is 2.20. The highest BCUT2D eigenvalue weighted by molar-refractivity contribution is 8.14. The Kier molecular flexibility index (Phi) is 6.27. The normalized spacial score (nSPS) is 13.2. The van der Waals surface area contributed by atoms with Crippen molar-refractivity contribution in [2.75, 3.05) is 6.26 Å². The van der Waals surface area contributed by atoms with Gasteiger partial charge in [0.25, 0.3) is 10.0 Å². The van der Waals surface area contributed by atoms with E-state index in [9.17, 15) is 8.42 Å². The lowest BCUT2D eigenvalue weighted by molar-refractivity contribution is 0.598. The van der Waals surface area contributed by atoms with Gasteiger partial charge in [-0.1, -0.05) is 41.4 Å². The first-order chi connectivity index (χ1) is 11.3. The monoisotopic (exact) mass is 379 g/mol. The van der Waals surface area contributed by atoms with Gasteiger partial charge in [0.05, 0.1) is 4.90 Å². The molecule has 0 aliphatic heterocycles. The summed E-state index contributed by atoms with van der Waals surface area (Å²) in [6.07, 6.45) is 3.69. The zero-order valence-electron chi connectivity index (χ0n) is 13.7. The van der Waals surface area contributed by atoms with Gasteiger partial charge in [-0.2, -0.15) is 12.8 Å². The fourth-order valence-corrected chi connectivity index (χ4v) is 4.06. The number of benzene rings is 2. The average molecular weight is 380 g/mol. The molecule has 2 aromatic rings. The summed E-state index contributed by atoms with van der Waals surface area (Å²) in [6.45, 7) is 3.75. The van der Waals surface area contributed by atoms with Gasteiger partial charge in [-0.05, 0) is 61.6 Å². The molecule has 3 nitrogen and oxygen atoms in total. The zero-order chi connectivity index (χ0) is 17.7. The Labute approximate surface area is 152 Å². The second-order valence-electron chi connectivity index (χ2n) is 5.27. The van der Waals surface area contributed by atoms with Crippen LogP contribution in [0, 0.1) is 6.92 Å². The Hall–Kier alpha value is -1.56. The summed E-state index contributed by atoms with van der Waals surface area (Å²) in [4.78, 5) is 0.193. The van der Waals surface area contributed by atoms with Crippen LogP contribution in [0.4, 0.5) is 0 Å². The molecule has 24 heavy (non-hydrogen) atoms. The van der Waals surface area contributed by atoms with E-state index in [1.165, 1.54) is 11.8 Å². The molecule has 0 amide bonds. The van der Waals surface area contributed by atoms with Gasteiger partial charge in [0.15, 0.2) is 0 Å². The van der Waals surface area contributed by atoms with E-state index in [0.29, 0.717) is 10.1 Å². The van der Waals surface area contributed by atoms with Crippen molar-refractivity contribution in [2.45, 2.75) is 18.7 Å². The third kappa shape index (κ3) is 4.97. The predicted octanol–water partition coefficient (Wildman–Crippen LogP) is 5.20. The Morgan fingerprint density at radius 2 is 1.67 bits per heavy atom. The molecule has 0 radical (unpaired) electrons. The van der Waals surface area contributed by atoms with E-state index < -0.39 is 10.0 Å². The van der Waals surface area contributed by atoms with Crippen molar-refractivity contribution in [3.8, 4) is 0 Å². The summed E-state index contributed by atoms with van der Waals surface area (Å²) >= 11 is 7.18. The number of rotatable bonds is 4. The van der Waals surface area contributed by atoms with Gasteiger partial charge in [-0.3, -0.25) is 0 Å². The largest absolute Gasteiger partial charge is 0.283 e. The lowest BCUT2D eigenvalue weighted by Crippen LogP contribution is -2.03. The van der Waals surface area contributed by atoms with Crippen LogP contribution in [0.25, 0.3) is 6.08 Å². The maximum Gasteiger partial charge on any atom is 0.283 e. The maximum atomic E-state index is 12.5. The average Bonchev–Trinajstić information content (AvgIpc) is 2.55. The summed E-state index contributed by atoms with van der Waals surface area (Å²) in [5.74, 6) is 0. The molecule has 126 valence electrons. The highest BCUT2D eigenvalue weighted by Gasteiger charge is 2.14. The Morgan fingerprint density at radius 1 is 1.08 bits per heavy atom. The fourth-order valence-electron chi connectivity index (χ4n) is 2.01. The molecule has 0 unspecified atom stereocenters. The molecule has 0 atom stereocenters. The maximum absolute atomic E-state index is 12.5. The van der Waals surface area contributed by atoms with E-state index in [4.69, 9.17) is 11.6 Å². The molecule has 6 heteroatoms. The smallest absolute Gasteiger partial charge is 0.199 e. The van der Waals surface area contributed by atoms with E-state index in [0.717, 1.165) is 16.7 Å². The van der Waals surface area contributed by atoms with Gasteiger partial charge in [0.2, 0.25) is 0 Å². The van der Waals surface area contributed by atoms with Gasteiger partial charge in [-0.25, -0.2) is 0 Å². The van der Waals surface area contributed by atoms with E-state index in [2.05, 4.69) is 4.40 Å². The lowest BCUT2D eigenvalue weighted by atomic mass is 10.1. The number of thioether (sulfide) groups is 1. The minimum Gasteiger partial charge on any atom is -0.199 e. The molecule has 0 aromatic heterocycles. The third-order valence-electron chi connectivity index (χ3n) is 3.31. The summed E-state index contributed by atoms with van der Waals surface area (Å²) in [5.41, 5.74) is 2.72. The van der Waals surface area contributed by atoms with Crippen LogP contribution < -0.4 is 0 Å². The van der Waals surface area contributed by atoms with Crippen LogP contribution in [0.3, 0.4) is 0 Å². The second-order valence-corrected chi connectivity index (χ2v) is 8.10. The molecule has 0 saturated carbocycles. The number of halogens is 1. The lowest BCUT2D eigenvalue weighted by Gasteiger charge is -2.06. The molecule has 0 aliphatic carbocycles. The summed E-state index contributed by atoms with van der Waals surface area (Å²) in [7, 11) is -3.73. The third-order valence-corrected chi connectivity index (χ3v) is 5.76. The first-order valence-corrected chi connectivity index (χ1v) is 10.3. The van der Waals surface area contributed by atoms with E-state index in [1.54, 1.807) is 36.4 Å². The van der Waals surface area contributed by atoms with Gasteiger partial charge in [0, 0.05) is 5.02 Å². The fraction of sp³-hybridized carbons (Fsp3) is 0.167. The van der Waals surface area contributed by atoms with Crippen LogP contribution in [0.1, 0.15) is 18.1 Å². The molecule has 2 rings (SSSR count). The van der Waals surface area contributed by atoms with Crippen molar-refractivity contribution in [3.05, 3.63) is 70.3 Å². The number of hydrogen-bond acceptors (Lipinski definition) is 3. The van der Waals surface area contributed by atoms with E-state index >= 15 is 0 Å². The number of hydrogen-bond donors (Lipinski definition) is 0. The summed E-state index contributed by atoms with van der Waals surface area (Å²) < 4.78 is 28.9. The minimum atomic E-state index is -3.73. The Bertz CT molecular complexity index is 868. The SMILES string of the molecule is CSC(=N/S(=O)(=O)c1ccc(C)cc1)/C(C)=C/c1ccc(Cl)cc1. The molecule has 0 fully saturated rings. The predicted molar refractivity (Wildman–Crippen MR) is 104 cm³/mol. The van der Waals surface area contributed by atoms with Gasteiger partial charge < -0.3 is 0 Å². The molecule has 0 heterocycles. The quantitative estimate of drug-likeness (QED) is 0.541. The van der Waals surface area contributed by atoms with Crippen molar-refractivity contribution < 1.29 is 8.42 Å². The van der Waals surface area contributed by atoms with Gasteiger partial charge in [-0.15, -0.1) is 11.8 Å². The second kappa shape index (κ2) is 8.01. The van der Waals surface area contributed by atoms with Crippen molar-refractivity contribution in [3.63, 3.8) is 0 Å². The van der Waals surface area contributed by atoms with Crippen LogP contribution >= 0.6 is 23.4 Å². The van der Waals surface area contributed by atoms with Gasteiger partial charge in [0.1, 0.15) is 5.04 Å². The number of aryl methyl sites for hydroxylation is 1. The van der Waals surface area contributed by atoms with Crippen LogP contribution in [0.5, 0.6) is 0 Å². The number of nitrogens with zero attached hydrogens (tertiary/aromatic N) is 1. The van der Waals surface area contributed by atoms with E-state index in [1.807, 2.05) is 38.3 Å². The molecule has 0 N–H and O–H groups in total. The molecule has 2 aromatic carbocycles. The molecule has 0 spiro atoms. The first kappa shape index (κ1) is 18.8. The van der Waals surface area contributed by atoms with Crippen molar-refractivity contribution >= 4 is 44.5 Å². The van der Waals surface area contributed by atoms with Crippen molar-refractivity contribution in [2.24, 2.45) is 4.40 Å². The topological polar surface area (TPSA) is 46.5 Å². The zero-order valence-corrected chi connectivity index (χ0v) is 16.0. The molecular weight excluding hydrogens is 362 g/mol. The Morgan fingerprint density at radius 3 is 2.21 bits per heavy atom. The number of sulfonamides is 1. The van der Waals surface area contributed by atoms with Crippen molar-refractivity contribution in [1.29, 1.82) is 0 Å². The van der Waals surface area contributed by atoms with E-state index in [-0.39, 0.29) is 4.90 Å².